The molecule has 1 unspecified atom stereocenters. The third-order valence-corrected chi connectivity index (χ3v) is 4.15. The Labute approximate surface area is 116 Å². The quantitative estimate of drug-likeness (QED) is 0.514. The molecular formula is C9H22ClN3O3P2. The normalized spacial score (nSPS) is 12.6. The number of nitrogens with two attached hydrogens (primary N) is 1. The van der Waals surface area contributed by atoms with Gasteiger partial charge in [-0.15, -0.1) is 0 Å². The highest BCUT2D eigenvalue weighted by molar-refractivity contribution is 7.78. The highest BCUT2D eigenvalue weighted by Crippen LogP contribution is 2.49. The maximum atomic E-state index is 8.36. The van der Waals surface area contributed by atoms with E-state index in [1.807, 2.05) is 6.07 Å². The Balaban J connectivity index is 0. The van der Waals surface area contributed by atoms with Gasteiger partial charge in [-0.3, -0.25) is 5.50 Å². The molecule has 6 nitrogen and oxygen atoms in total. The van der Waals surface area contributed by atoms with Gasteiger partial charge in [-0.1, -0.05) is 0 Å². The standard InChI is InChI=1S/C9H18ClN2OP.H4NO2P/c1-8(2)12(9(3)4)14(10)13-7-5-6-11;1-4(2)3/h8-9H,5,7H2,1-4H3;2-3H,1H2. The maximum absolute atomic E-state index is 8.36. The van der Waals surface area contributed by atoms with Crippen LogP contribution < -0.4 is 5.50 Å². The van der Waals surface area contributed by atoms with Crippen LogP contribution >= 0.6 is 27.4 Å². The molecule has 0 rings (SSSR count). The Morgan fingerprint density at radius 1 is 1.33 bits per heavy atom. The van der Waals surface area contributed by atoms with Gasteiger partial charge < -0.3 is 14.3 Å². The van der Waals surface area contributed by atoms with E-state index < -0.39 is 16.2 Å². The van der Waals surface area contributed by atoms with Crippen molar-refractivity contribution >= 4 is 27.4 Å². The number of nitrogens with zero attached hydrogens (tertiary/aromatic N) is 2. The second-order valence-electron chi connectivity index (χ2n) is 3.86. The summed E-state index contributed by atoms with van der Waals surface area (Å²) in [7, 11) is -3.20. The van der Waals surface area contributed by atoms with Crippen LogP contribution in [0.15, 0.2) is 0 Å². The maximum Gasteiger partial charge on any atom is 0.247 e. The molecule has 0 aromatic heterocycles. The lowest BCUT2D eigenvalue weighted by molar-refractivity contribution is 0.266. The van der Waals surface area contributed by atoms with Crippen LogP contribution in [-0.2, 0) is 4.52 Å². The zero-order chi connectivity index (χ0) is 14.7. The van der Waals surface area contributed by atoms with E-state index in [-0.39, 0.29) is 0 Å². The fourth-order valence-corrected chi connectivity index (χ4v) is 3.55. The first-order valence-electron chi connectivity index (χ1n) is 5.40. The molecule has 0 amide bonds. The molecule has 18 heavy (non-hydrogen) atoms. The molecule has 0 aromatic rings. The third kappa shape index (κ3) is 12.9. The molecule has 0 aliphatic carbocycles. The smallest absolute Gasteiger partial charge is 0.247 e. The summed E-state index contributed by atoms with van der Waals surface area (Å²) in [5, 5.41) is 8.36. The van der Waals surface area contributed by atoms with Crippen LogP contribution in [0.1, 0.15) is 34.1 Å². The molecule has 0 aliphatic heterocycles. The Morgan fingerprint density at radius 3 is 2.00 bits per heavy atom. The topological polar surface area (TPSA) is 103 Å². The van der Waals surface area contributed by atoms with Crippen molar-refractivity contribution in [3.63, 3.8) is 0 Å². The van der Waals surface area contributed by atoms with Gasteiger partial charge in [0.1, 0.15) is 0 Å². The fraction of sp³-hybridized carbons (Fsp3) is 0.889. The van der Waals surface area contributed by atoms with Gasteiger partial charge in [-0.05, 0) is 38.9 Å². The van der Waals surface area contributed by atoms with Crippen molar-refractivity contribution in [2.24, 2.45) is 5.50 Å². The summed E-state index contributed by atoms with van der Waals surface area (Å²) in [5.41, 5.74) is 4.29. The van der Waals surface area contributed by atoms with Crippen LogP contribution in [-0.4, -0.2) is 33.1 Å². The molecule has 0 fully saturated rings. The number of hydrogen-bond acceptors (Lipinski definition) is 6. The monoisotopic (exact) mass is 317 g/mol. The minimum Gasteiger partial charge on any atom is -0.338 e. The van der Waals surface area contributed by atoms with Crippen molar-refractivity contribution in [1.29, 1.82) is 5.26 Å². The molecular weight excluding hydrogens is 296 g/mol. The van der Waals surface area contributed by atoms with Crippen molar-refractivity contribution in [1.82, 2.24) is 4.67 Å². The molecule has 4 N–H and O–H groups in total. The summed E-state index contributed by atoms with van der Waals surface area (Å²) in [4.78, 5) is 14.9. The van der Waals surface area contributed by atoms with Crippen LogP contribution in [0.2, 0.25) is 0 Å². The first-order valence-corrected chi connectivity index (χ1v) is 8.84. The van der Waals surface area contributed by atoms with Crippen LogP contribution in [0.4, 0.5) is 0 Å². The Hall–Kier alpha value is 0.440. The highest BCUT2D eigenvalue weighted by Gasteiger charge is 2.23. The average molecular weight is 318 g/mol. The second kappa shape index (κ2) is 12.5. The van der Waals surface area contributed by atoms with Crippen molar-refractivity contribution in [2.45, 2.75) is 46.2 Å². The van der Waals surface area contributed by atoms with Gasteiger partial charge in [0.2, 0.25) is 16.2 Å². The Bertz CT molecular complexity index is 229. The van der Waals surface area contributed by atoms with E-state index in [9.17, 15) is 0 Å². The van der Waals surface area contributed by atoms with Gasteiger partial charge in [-0.2, -0.15) is 5.26 Å². The summed E-state index contributed by atoms with van der Waals surface area (Å²) in [5.74, 6) is 0. The number of nitriles is 1. The van der Waals surface area contributed by atoms with Crippen molar-refractivity contribution in [3.8, 4) is 6.07 Å². The van der Waals surface area contributed by atoms with E-state index in [1.165, 1.54) is 0 Å². The third-order valence-electron chi connectivity index (χ3n) is 1.65. The molecule has 0 radical (unpaired) electrons. The summed E-state index contributed by atoms with van der Waals surface area (Å²) < 4.78 is 7.52. The Morgan fingerprint density at radius 2 is 1.72 bits per heavy atom. The molecule has 0 saturated heterocycles. The van der Waals surface area contributed by atoms with Gasteiger partial charge in [-0.25, -0.2) is 4.67 Å². The predicted octanol–water partition coefficient (Wildman–Crippen LogP) is 2.66. The van der Waals surface area contributed by atoms with E-state index in [4.69, 9.17) is 30.8 Å². The molecule has 0 bridgehead atoms. The van der Waals surface area contributed by atoms with E-state index in [2.05, 4.69) is 37.9 Å². The van der Waals surface area contributed by atoms with Gasteiger partial charge in [0, 0.05) is 12.1 Å². The zero-order valence-electron chi connectivity index (χ0n) is 11.1. The van der Waals surface area contributed by atoms with Gasteiger partial charge in [0.05, 0.1) is 19.1 Å². The summed E-state index contributed by atoms with van der Waals surface area (Å²) in [6.45, 7) is 8.77. The molecule has 108 valence electrons. The van der Waals surface area contributed by atoms with Gasteiger partial charge >= 0.3 is 0 Å². The lowest BCUT2D eigenvalue weighted by Gasteiger charge is -2.32. The Kier molecular flexibility index (Phi) is 14.4. The summed E-state index contributed by atoms with van der Waals surface area (Å²) >= 11 is 6.13. The summed E-state index contributed by atoms with van der Waals surface area (Å²) in [6, 6.07) is 2.75. The van der Waals surface area contributed by atoms with Crippen LogP contribution in [0.3, 0.4) is 0 Å². The minimum atomic E-state index is -2.12. The SMILES string of the molecule is CC(C)N(C(C)C)P(Cl)OCCC#N.NP(O)O. The van der Waals surface area contributed by atoms with Gasteiger partial charge in [0.25, 0.3) is 0 Å². The number of halogens is 1. The molecule has 0 spiro atoms. The molecule has 0 heterocycles. The van der Waals surface area contributed by atoms with Crippen molar-refractivity contribution in [3.05, 3.63) is 0 Å². The van der Waals surface area contributed by atoms with Crippen LogP contribution in [0.25, 0.3) is 0 Å². The molecule has 0 aromatic carbocycles. The molecule has 0 aliphatic rings. The molecule has 9 heteroatoms. The van der Waals surface area contributed by atoms with E-state index in [1.54, 1.807) is 0 Å². The van der Waals surface area contributed by atoms with E-state index in [0.29, 0.717) is 25.1 Å². The predicted molar refractivity (Wildman–Crippen MR) is 76.6 cm³/mol. The molecule has 0 saturated carbocycles. The second-order valence-corrected chi connectivity index (χ2v) is 6.54. The minimum absolute atomic E-state index is 0.362. The largest absolute Gasteiger partial charge is 0.338 e. The highest BCUT2D eigenvalue weighted by atomic mass is 35.7. The van der Waals surface area contributed by atoms with Crippen LogP contribution in [0, 0.1) is 11.3 Å². The van der Waals surface area contributed by atoms with Crippen molar-refractivity contribution in [2.75, 3.05) is 6.61 Å². The zero-order valence-corrected chi connectivity index (χ0v) is 13.7. The first kappa shape index (κ1) is 20.8. The fourth-order valence-electron chi connectivity index (χ4n) is 1.19. The number of rotatable bonds is 6. The molecule has 1 atom stereocenters. The van der Waals surface area contributed by atoms with E-state index in [0.717, 1.165) is 0 Å². The lowest BCUT2D eigenvalue weighted by Crippen LogP contribution is -2.31. The lowest BCUT2D eigenvalue weighted by atomic mass is 10.3. The summed E-state index contributed by atoms with van der Waals surface area (Å²) in [6.07, 6.45) is 0.398. The van der Waals surface area contributed by atoms with E-state index >= 15 is 0 Å². The van der Waals surface area contributed by atoms with Crippen molar-refractivity contribution < 1.29 is 14.3 Å². The van der Waals surface area contributed by atoms with Crippen LogP contribution in [0.5, 0.6) is 0 Å². The average Bonchev–Trinajstić information content (AvgIpc) is 2.15. The van der Waals surface area contributed by atoms with Gasteiger partial charge in [0.15, 0.2) is 0 Å². The number of hydrogen-bond donors (Lipinski definition) is 3. The first-order chi connectivity index (χ1) is 8.23.